The largest absolute Gasteiger partial charge is 0.294 e. The van der Waals surface area contributed by atoms with Crippen LogP contribution >= 0.6 is 11.6 Å². The Labute approximate surface area is 86.1 Å². The Morgan fingerprint density at radius 1 is 1.50 bits per heavy atom. The zero-order valence-electron chi connectivity index (χ0n) is 7.46. The molecule has 0 fully saturated rings. The van der Waals surface area contributed by atoms with Crippen molar-refractivity contribution in [2.45, 2.75) is 6.42 Å². The predicted octanol–water partition coefficient (Wildman–Crippen LogP) is 2.37. The second-order valence-electron chi connectivity index (χ2n) is 3.03. The number of carbonyl (C=O) groups excluding carboxylic acids is 1. The smallest absolute Gasteiger partial charge is 0.164 e. The molecule has 14 heavy (non-hydrogen) atoms. The Morgan fingerprint density at radius 2 is 2.36 bits per heavy atom. The van der Waals surface area contributed by atoms with Gasteiger partial charge in [0.1, 0.15) is 0 Å². The van der Waals surface area contributed by atoms with Gasteiger partial charge in [0.25, 0.3) is 0 Å². The van der Waals surface area contributed by atoms with Gasteiger partial charge < -0.3 is 0 Å². The van der Waals surface area contributed by atoms with E-state index in [0.29, 0.717) is 17.9 Å². The zero-order chi connectivity index (χ0) is 9.97. The summed E-state index contributed by atoms with van der Waals surface area (Å²) in [6, 6.07) is 5.47. The van der Waals surface area contributed by atoms with Gasteiger partial charge in [0.05, 0.1) is 11.7 Å². The Kier molecular flexibility index (Phi) is 2.50. The molecule has 0 saturated carbocycles. The average molecular weight is 209 g/mol. The van der Waals surface area contributed by atoms with Gasteiger partial charge >= 0.3 is 0 Å². The van der Waals surface area contributed by atoms with Crippen molar-refractivity contribution in [2.24, 2.45) is 0 Å². The third-order valence-corrected chi connectivity index (χ3v) is 2.27. The highest BCUT2D eigenvalue weighted by Gasteiger charge is 2.05. The number of carbonyl (C=O) groups is 1. The van der Waals surface area contributed by atoms with Crippen molar-refractivity contribution in [3.63, 3.8) is 0 Å². The van der Waals surface area contributed by atoms with Gasteiger partial charge in [-0.3, -0.25) is 9.89 Å². The van der Waals surface area contributed by atoms with Crippen molar-refractivity contribution in [2.75, 3.05) is 5.88 Å². The summed E-state index contributed by atoms with van der Waals surface area (Å²) in [6.07, 6.45) is 2.08. The minimum Gasteiger partial charge on any atom is -0.294 e. The zero-order valence-corrected chi connectivity index (χ0v) is 8.21. The molecule has 0 aliphatic carbocycles. The average Bonchev–Trinajstić information content (AvgIpc) is 2.64. The fourth-order valence-electron chi connectivity index (χ4n) is 1.35. The molecule has 4 heteroatoms. The highest BCUT2D eigenvalue weighted by molar-refractivity contribution is 6.19. The van der Waals surface area contributed by atoms with E-state index < -0.39 is 0 Å². The minimum atomic E-state index is 0.0723. The number of aromatic amines is 1. The molecule has 0 unspecified atom stereocenters. The maximum atomic E-state index is 11.5. The maximum Gasteiger partial charge on any atom is 0.164 e. The van der Waals surface area contributed by atoms with Crippen LogP contribution in [0.2, 0.25) is 0 Å². The molecule has 0 bridgehead atoms. The van der Waals surface area contributed by atoms with E-state index in [9.17, 15) is 4.79 Å². The lowest BCUT2D eigenvalue weighted by Crippen LogP contribution is -1.98. The molecule has 0 aliphatic heterocycles. The van der Waals surface area contributed by atoms with E-state index in [2.05, 4.69) is 10.2 Å². The first-order chi connectivity index (χ1) is 6.81. The van der Waals surface area contributed by atoms with Gasteiger partial charge in [0, 0.05) is 23.3 Å². The van der Waals surface area contributed by atoms with Gasteiger partial charge in [-0.25, -0.2) is 0 Å². The van der Waals surface area contributed by atoms with Crippen LogP contribution in [0.4, 0.5) is 0 Å². The Hall–Kier alpha value is -1.35. The Bertz CT molecular complexity index is 464. The van der Waals surface area contributed by atoms with Crippen LogP contribution in [0.1, 0.15) is 16.8 Å². The number of ketones is 1. The van der Waals surface area contributed by atoms with Crippen LogP contribution in [-0.2, 0) is 0 Å². The number of rotatable bonds is 3. The number of hydrogen-bond donors (Lipinski definition) is 1. The SMILES string of the molecule is O=C(CCCl)c1ccc2[nH]ncc2c1. The van der Waals surface area contributed by atoms with Crippen molar-refractivity contribution in [1.82, 2.24) is 10.2 Å². The molecule has 2 aromatic rings. The number of nitrogens with zero attached hydrogens (tertiary/aromatic N) is 1. The second kappa shape index (κ2) is 3.80. The number of alkyl halides is 1. The summed E-state index contributed by atoms with van der Waals surface area (Å²) in [6.45, 7) is 0. The van der Waals surface area contributed by atoms with E-state index >= 15 is 0 Å². The lowest BCUT2D eigenvalue weighted by atomic mass is 10.1. The third-order valence-electron chi connectivity index (χ3n) is 2.08. The quantitative estimate of drug-likeness (QED) is 0.622. The van der Waals surface area contributed by atoms with Crippen LogP contribution in [0.3, 0.4) is 0 Å². The molecular formula is C10H9ClN2O. The summed E-state index contributed by atoms with van der Waals surface area (Å²) in [5.41, 5.74) is 1.63. The first kappa shape index (κ1) is 9.21. The number of H-pyrrole nitrogens is 1. The first-order valence-corrected chi connectivity index (χ1v) is 4.87. The highest BCUT2D eigenvalue weighted by atomic mass is 35.5. The molecule has 0 radical (unpaired) electrons. The number of nitrogens with one attached hydrogen (secondary N) is 1. The van der Waals surface area contributed by atoms with Crippen LogP contribution in [0, 0.1) is 0 Å². The fourth-order valence-corrected chi connectivity index (χ4v) is 1.52. The van der Waals surface area contributed by atoms with Crippen LogP contribution in [-0.4, -0.2) is 21.9 Å². The lowest BCUT2D eigenvalue weighted by Gasteiger charge is -1.97. The van der Waals surface area contributed by atoms with Crippen molar-refractivity contribution < 1.29 is 4.79 Å². The number of aromatic nitrogens is 2. The third kappa shape index (κ3) is 1.63. The molecule has 0 aliphatic rings. The Morgan fingerprint density at radius 3 is 3.14 bits per heavy atom. The molecular weight excluding hydrogens is 200 g/mol. The summed E-state index contributed by atoms with van der Waals surface area (Å²) in [5, 5.41) is 7.67. The van der Waals surface area contributed by atoms with E-state index in [4.69, 9.17) is 11.6 Å². The number of hydrogen-bond acceptors (Lipinski definition) is 2. The number of fused-ring (bicyclic) bond motifs is 1. The van der Waals surface area contributed by atoms with Gasteiger partial charge in [-0.2, -0.15) is 5.10 Å². The minimum absolute atomic E-state index is 0.0723. The molecule has 0 saturated heterocycles. The molecule has 72 valence electrons. The van der Waals surface area contributed by atoms with Crippen LogP contribution in [0.15, 0.2) is 24.4 Å². The van der Waals surface area contributed by atoms with Crippen LogP contribution in [0.25, 0.3) is 10.9 Å². The van der Waals surface area contributed by atoms with Crippen LogP contribution in [0.5, 0.6) is 0 Å². The van der Waals surface area contributed by atoms with Crippen molar-refractivity contribution in [3.8, 4) is 0 Å². The summed E-state index contributed by atoms with van der Waals surface area (Å²) < 4.78 is 0. The molecule has 0 spiro atoms. The normalized spacial score (nSPS) is 10.6. The first-order valence-electron chi connectivity index (χ1n) is 4.33. The summed E-state index contributed by atoms with van der Waals surface area (Å²) in [4.78, 5) is 11.5. The topological polar surface area (TPSA) is 45.8 Å². The number of Topliss-reactive ketones (excluding diaryl/α,β-unsaturated/α-hetero) is 1. The van der Waals surface area contributed by atoms with E-state index in [1.807, 2.05) is 12.1 Å². The molecule has 1 aromatic heterocycles. The number of halogens is 1. The molecule has 0 atom stereocenters. The van der Waals surface area contributed by atoms with Crippen LogP contribution < -0.4 is 0 Å². The highest BCUT2D eigenvalue weighted by Crippen LogP contribution is 2.14. The maximum absolute atomic E-state index is 11.5. The van der Waals surface area contributed by atoms with E-state index in [0.717, 1.165) is 10.9 Å². The summed E-state index contributed by atoms with van der Waals surface area (Å²) in [5.74, 6) is 0.436. The number of benzene rings is 1. The van der Waals surface area contributed by atoms with Gasteiger partial charge in [-0.1, -0.05) is 0 Å². The molecule has 1 N–H and O–H groups in total. The molecule has 1 heterocycles. The van der Waals surface area contributed by atoms with E-state index in [1.54, 1.807) is 12.3 Å². The molecule has 3 nitrogen and oxygen atoms in total. The molecule has 1 aromatic carbocycles. The fraction of sp³-hybridized carbons (Fsp3) is 0.200. The summed E-state index contributed by atoms with van der Waals surface area (Å²) >= 11 is 5.50. The van der Waals surface area contributed by atoms with Gasteiger partial charge in [0.2, 0.25) is 0 Å². The summed E-state index contributed by atoms with van der Waals surface area (Å²) in [7, 11) is 0. The van der Waals surface area contributed by atoms with Crippen molar-refractivity contribution in [3.05, 3.63) is 30.0 Å². The molecule has 0 amide bonds. The van der Waals surface area contributed by atoms with E-state index in [-0.39, 0.29) is 5.78 Å². The van der Waals surface area contributed by atoms with Gasteiger partial charge in [-0.15, -0.1) is 11.6 Å². The van der Waals surface area contributed by atoms with Crippen molar-refractivity contribution >= 4 is 28.3 Å². The Balaban J connectivity index is 2.38. The monoisotopic (exact) mass is 208 g/mol. The lowest BCUT2D eigenvalue weighted by molar-refractivity contribution is 0.0989. The van der Waals surface area contributed by atoms with Gasteiger partial charge in [0.15, 0.2) is 5.78 Å². The standard InChI is InChI=1S/C10H9ClN2O/c11-4-3-10(14)7-1-2-9-8(5-7)6-12-13-9/h1-2,5-6H,3-4H2,(H,12,13). The predicted molar refractivity (Wildman–Crippen MR) is 55.8 cm³/mol. The van der Waals surface area contributed by atoms with Crippen molar-refractivity contribution in [1.29, 1.82) is 0 Å². The van der Waals surface area contributed by atoms with Gasteiger partial charge in [-0.05, 0) is 18.2 Å². The van der Waals surface area contributed by atoms with E-state index in [1.165, 1.54) is 0 Å². The molecule has 2 rings (SSSR count). The second-order valence-corrected chi connectivity index (χ2v) is 3.41.